The zero-order valence-electron chi connectivity index (χ0n) is 14.8. The number of nitrogens with one attached hydrogen (secondary N) is 2. The zero-order chi connectivity index (χ0) is 16.9. The van der Waals surface area contributed by atoms with Gasteiger partial charge in [-0.1, -0.05) is 18.2 Å². The molecular formula is C19H28N6. The highest BCUT2D eigenvalue weighted by Gasteiger charge is 2.19. The molecule has 1 unspecified atom stereocenters. The van der Waals surface area contributed by atoms with E-state index in [9.17, 15) is 0 Å². The molecule has 2 aliphatic rings. The fraction of sp³-hybridized carbons (Fsp3) is 0.526. The highest BCUT2D eigenvalue weighted by atomic mass is 15.3. The number of anilines is 2. The molecule has 6 heteroatoms. The maximum Gasteiger partial charge on any atom is 0.124 e. The van der Waals surface area contributed by atoms with E-state index in [0.717, 1.165) is 64.7 Å². The molecular weight excluding hydrogens is 312 g/mol. The lowest BCUT2D eigenvalue weighted by Gasteiger charge is -2.36. The Morgan fingerprint density at radius 2 is 1.92 bits per heavy atom. The summed E-state index contributed by atoms with van der Waals surface area (Å²) < 4.78 is 2.07. The summed E-state index contributed by atoms with van der Waals surface area (Å²) in [5.41, 5.74) is 1.35. The Bertz CT molecular complexity index is 647. The molecule has 1 fully saturated rings. The summed E-state index contributed by atoms with van der Waals surface area (Å²) in [6, 6.07) is 12.8. The Hall–Kier alpha value is -2.05. The average molecular weight is 340 g/mol. The summed E-state index contributed by atoms with van der Waals surface area (Å²) >= 11 is 0. The third-order valence-electron chi connectivity index (χ3n) is 5.25. The van der Waals surface area contributed by atoms with Crippen LogP contribution in [-0.2, 0) is 6.54 Å². The molecule has 3 heterocycles. The second-order valence-electron chi connectivity index (χ2n) is 7.01. The number of benzene rings is 1. The van der Waals surface area contributed by atoms with E-state index in [1.54, 1.807) is 0 Å². The van der Waals surface area contributed by atoms with Crippen LogP contribution in [0.5, 0.6) is 0 Å². The molecule has 2 N–H and O–H groups in total. The molecule has 0 amide bonds. The number of hydrogen-bond donors (Lipinski definition) is 2. The van der Waals surface area contributed by atoms with Gasteiger partial charge in [0.1, 0.15) is 5.82 Å². The summed E-state index contributed by atoms with van der Waals surface area (Å²) in [6.45, 7) is 9.85. The van der Waals surface area contributed by atoms with Crippen LogP contribution in [0.25, 0.3) is 0 Å². The fourth-order valence-electron chi connectivity index (χ4n) is 3.73. The lowest BCUT2D eigenvalue weighted by Crippen LogP contribution is -2.48. The molecule has 0 radical (unpaired) electrons. The van der Waals surface area contributed by atoms with Crippen molar-refractivity contribution in [3.63, 3.8) is 0 Å². The minimum Gasteiger partial charge on any atom is -0.370 e. The lowest BCUT2D eigenvalue weighted by molar-refractivity contribution is 0.254. The number of para-hydroxylation sites is 1. The smallest absolute Gasteiger partial charge is 0.124 e. The van der Waals surface area contributed by atoms with Gasteiger partial charge in [-0.25, -0.2) is 4.68 Å². The number of piperazine rings is 1. The van der Waals surface area contributed by atoms with Crippen molar-refractivity contribution in [2.75, 3.05) is 62.6 Å². The Labute approximate surface area is 149 Å². The maximum atomic E-state index is 4.35. The molecule has 25 heavy (non-hydrogen) atoms. The maximum absolute atomic E-state index is 4.35. The molecule has 1 atom stereocenters. The number of hydrogen-bond acceptors (Lipinski definition) is 5. The topological polar surface area (TPSA) is 48.4 Å². The van der Waals surface area contributed by atoms with Gasteiger partial charge in [-0.15, -0.1) is 0 Å². The number of fused-ring (bicyclic) bond motifs is 1. The third-order valence-corrected chi connectivity index (χ3v) is 5.25. The summed E-state index contributed by atoms with van der Waals surface area (Å²) in [4.78, 5) is 5.05. The van der Waals surface area contributed by atoms with Gasteiger partial charge in [0.05, 0.1) is 6.20 Å². The van der Waals surface area contributed by atoms with Crippen molar-refractivity contribution in [3.8, 4) is 0 Å². The summed E-state index contributed by atoms with van der Waals surface area (Å²) in [6.07, 6.45) is 1.87. The van der Waals surface area contributed by atoms with Crippen LogP contribution in [0.4, 0.5) is 11.5 Å². The predicted molar refractivity (Wildman–Crippen MR) is 102 cm³/mol. The lowest BCUT2D eigenvalue weighted by atomic mass is 10.1. The van der Waals surface area contributed by atoms with Crippen LogP contribution in [0, 0.1) is 5.92 Å². The normalized spacial score (nSPS) is 21.0. The highest BCUT2D eigenvalue weighted by Crippen LogP contribution is 2.16. The van der Waals surface area contributed by atoms with Crippen molar-refractivity contribution in [1.29, 1.82) is 0 Å². The second kappa shape index (κ2) is 7.89. The number of aromatic nitrogens is 2. The largest absolute Gasteiger partial charge is 0.370 e. The van der Waals surface area contributed by atoms with Crippen molar-refractivity contribution in [3.05, 3.63) is 42.6 Å². The molecule has 2 aliphatic heterocycles. The number of rotatable bonds is 6. The molecule has 0 spiro atoms. The van der Waals surface area contributed by atoms with Gasteiger partial charge in [-0.3, -0.25) is 4.90 Å². The van der Waals surface area contributed by atoms with Crippen LogP contribution < -0.4 is 15.5 Å². The molecule has 1 aromatic heterocycles. The van der Waals surface area contributed by atoms with Gasteiger partial charge in [0.15, 0.2) is 0 Å². The first-order chi connectivity index (χ1) is 12.4. The Morgan fingerprint density at radius 1 is 1.08 bits per heavy atom. The quantitative estimate of drug-likeness (QED) is 0.777. The first-order valence-corrected chi connectivity index (χ1v) is 9.37. The van der Waals surface area contributed by atoms with Gasteiger partial charge >= 0.3 is 0 Å². The summed E-state index contributed by atoms with van der Waals surface area (Å²) in [5, 5.41) is 11.4. The van der Waals surface area contributed by atoms with Crippen molar-refractivity contribution in [2.45, 2.75) is 6.54 Å². The predicted octanol–water partition coefficient (Wildman–Crippen LogP) is 1.34. The summed E-state index contributed by atoms with van der Waals surface area (Å²) in [5.74, 6) is 1.76. The van der Waals surface area contributed by atoms with Crippen molar-refractivity contribution in [2.24, 2.45) is 5.92 Å². The van der Waals surface area contributed by atoms with Gasteiger partial charge in [-0.05, 0) is 12.1 Å². The monoisotopic (exact) mass is 340 g/mol. The van der Waals surface area contributed by atoms with Crippen LogP contribution in [0.3, 0.4) is 0 Å². The standard InChI is InChI=1S/C19H28N6/c1-2-4-18(5-3-1)24-12-10-23(11-13-24)9-8-20-14-17-15-21-19-6-7-22-25(19)16-17/h1-7,17,20-21H,8-16H2. The Balaban J connectivity index is 1.13. The van der Waals surface area contributed by atoms with Crippen LogP contribution in [0.1, 0.15) is 0 Å². The fourth-order valence-corrected chi connectivity index (χ4v) is 3.73. The van der Waals surface area contributed by atoms with Crippen molar-refractivity contribution in [1.82, 2.24) is 20.0 Å². The minimum atomic E-state index is 0.613. The van der Waals surface area contributed by atoms with Crippen LogP contribution >= 0.6 is 0 Å². The highest BCUT2D eigenvalue weighted by molar-refractivity contribution is 5.46. The molecule has 6 nitrogen and oxygen atoms in total. The van der Waals surface area contributed by atoms with E-state index in [-0.39, 0.29) is 0 Å². The molecule has 134 valence electrons. The first kappa shape index (κ1) is 16.4. The minimum absolute atomic E-state index is 0.613. The Kier molecular flexibility index (Phi) is 5.18. The van der Waals surface area contributed by atoms with Gasteiger partial charge in [-0.2, -0.15) is 5.10 Å². The van der Waals surface area contributed by atoms with E-state index < -0.39 is 0 Å². The molecule has 0 bridgehead atoms. The number of nitrogens with zero attached hydrogens (tertiary/aromatic N) is 4. The van der Waals surface area contributed by atoms with E-state index in [1.165, 1.54) is 5.69 Å². The Morgan fingerprint density at radius 3 is 2.76 bits per heavy atom. The van der Waals surface area contributed by atoms with Gasteiger partial charge in [0, 0.05) is 76.6 Å². The van der Waals surface area contributed by atoms with Gasteiger partial charge in [0.25, 0.3) is 0 Å². The molecule has 0 aliphatic carbocycles. The van der Waals surface area contributed by atoms with E-state index >= 15 is 0 Å². The molecule has 1 saturated heterocycles. The van der Waals surface area contributed by atoms with Gasteiger partial charge in [0.2, 0.25) is 0 Å². The van der Waals surface area contributed by atoms with Crippen LogP contribution in [0.2, 0.25) is 0 Å². The van der Waals surface area contributed by atoms with Gasteiger partial charge < -0.3 is 15.5 Å². The van der Waals surface area contributed by atoms with E-state index in [0.29, 0.717) is 5.92 Å². The molecule has 0 saturated carbocycles. The SMILES string of the molecule is c1ccc(N2CCN(CCNCC3CNc4ccnn4C3)CC2)cc1. The average Bonchev–Trinajstić information content (AvgIpc) is 3.14. The molecule has 2 aromatic rings. The van der Waals surface area contributed by atoms with Crippen LogP contribution in [0.15, 0.2) is 42.6 Å². The molecule has 4 rings (SSSR count). The van der Waals surface area contributed by atoms with E-state index in [1.807, 2.05) is 12.3 Å². The van der Waals surface area contributed by atoms with E-state index in [4.69, 9.17) is 0 Å². The zero-order valence-corrected chi connectivity index (χ0v) is 14.8. The third kappa shape index (κ3) is 4.14. The second-order valence-corrected chi connectivity index (χ2v) is 7.01. The van der Waals surface area contributed by atoms with E-state index in [2.05, 4.69) is 60.5 Å². The van der Waals surface area contributed by atoms with Crippen molar-refractivity contribution >= 4 is 11.5 Å². The molecule has 1 aromatic carbocycles. The first-order valence-electron chi connectivity index (χ1n) is 9.37. The van der Waals surface area contributed by atoms with Crippen LogP contribution in [-0.4, -0.2) is 67.0 Å². The summed E-state index contributed by atoms with van der Waals surface area (Å²) in [7, 11) is 0. The van der Waals surface area contributed by atoms with Crippen molar-refractivity contribution < 1.29 is 0 Å².